The average Bonchev–Trinajstić information content (AvgIpc) is 2.83. The van der Waals surface area contributed by atoms with E-state index in [1.165, 1.54) is 44.9 Å². The smallest absolute Gasteiger partial charge is 0.0936 e. The Kier molecular flexibility index (Phi) is 9.07. The van der Waals surface area contributed by atoms with Gasteiger partial charge in [-0.3, -0.25) is 4.90 Å². The van der Waals surface area contributed by atoms with Crippen molar-refractivity contribution in [3.05, 3.63) is 35.9 Å². The molecule has 0 saturated heterocycles. The SMILES string of the molecule is CC1CCC(C(C)C)C(N(CC2CCCCC2(O)c2ccccc2)C2CC(C)CCC2C(C)C)C1. The maximum atomic E-state index is 12.3. The fourth-order valence-electron chi connectivity index (χ4n) is 8.41. The topological polar surface area (TPSA) is 23.5 Å². The van der Waals surface area contributed by atoms with Crippen LogP contribution in [0.15, 0.2) is 30.3 Å². The summed E-state index contributed by atoms with van der Waals surface area (Å²) in [7, 11) is 0. The van der Waals surface area contributed by atoms with Crippen LogP contribution in [0.3, 0.4) is 0 Å². The summed E-state index contributed by atoms with van der Waals surface area (Å²) >= 11 is 0. The van der Waals surface area contributed by atoms with Crippen LogP contribution >= 0.6 is 0 Å². The summed E-state index contributed by atoms with van der Waals surface area (Å²) in [6.07, 6.45) is 12.7. The zero-order valence-corrected chi connectivity index (χ0v) is 23.8. The van der Waals surface area contributed by atoms with Gasteiger partial charge < -0.3 is 5.11 Å². The second-order valence-electron chi connectivity index (χ2n) is 13.7. The summed E-state index contributed by atoms with van der Waals surface area (Å²) in [4.78, 5) is 3.05. The minimum atomic E-state index is -0.682. The molecule has 0 heterocycles. The van der Waals surface area contributed by atoms with Gasteiger partial charge in [-0.25, -0.2) is 0 Å². The van der Waals surface area contributed by atoms with Crippen LogP contribution in [0.5, 0.6) is 0 Å². The molecule has 8 atom stereocenters. The predicted octanol–water partition coefficient (Wildman–Crippen LogP) is 8.29. The van der Waals surface area contributed by atoms with Gasteiger partial charge >= 0.3 is 0 Å². The van der Waals surface area contributed by atoms with Gasteiger partial charge in [0.05, 0.1) is 5.60 Å². The first-order valence-electron chi connectivity index (χ1n) is 15.2. The third-order valence-corrected chi connectivity index (χ3v) is 10.6. The number of benzene rings is 1. The summed E-state index contributed by atoms with van der Waals surface area (Å²) in [6.45, 7) is 15.9. The van der Waals surface area contributed by atoms with Crippen molar-refractivity contribution >= 4 is 0 Å². The molecule has 3 aliphatic carbocycles. The molecule has 0 aromatic heterocycles. The van der Waals surface area contributed by atoms with Crippen molar-refractivity contribution in [2.75, 3.05) is 6.54 Å². The van der Waals surface area contributed by atoms with Crippen LogP contribution in [-0.2, 0) is 5.60 Å². The van der Waals surface area contributed by atoms with E-state index in [1.807, 2.05) is 0 Å². The molecule has 0 radical (unpaired) electrons. The molecule has 3 saturated carbocycles. The van der Waals surface area contributed by atoms with Crippen LogP contribution in [0.25, 0.3) is 0 Å². The zero-order valence-electron chi connectivity index (χ0n) is 23.8. The molecular weight excluding hydrogens is 426 g/mol. The highest BCUT2D eigenvalue weighted by Crippen LogP contribution is 2.47. The molecule has 2 nitrogen and oxygen atoms in total. The van der Waals surface area contributed by atoms with Crippen LogP contribution < -0.4 is 0 Å². The molecule has 1 N–H and O–H groups in total. The molecule has 1 aromatic carbocycles. The Morgan fingerprint density at radius 1 is 0.800 bits per heavy atom. The van der Waals surface area contributed by atoms with Crippen molar-refractivity contribution in [1.29, 1.82) is 0 Å². The van der Waals surface area contributed by atoms with Crippen molar-refractivity contribution < 1.29 is 5.11 Å². The second-order valence-corrected chi connectivity index (χ2v) is 13.7. The third kappa shape index (κ3) is 6.01. The first kappa shape index (κ1) is 27.2. The molecule has 8 unspecified atom stereocenters. The van der Waals surface area contributed by atoms with Crippen LogP contribution in [0.2, 0.25) is 0 Å². The Labute approximate surface area is 217 Å². The van der Waals surface area contributed by atoms with Gasteiger partial charge in [-0.05, 0) is 79.6 Å². The minimum Gasteiger partial charge on any atom is -0.385 e. The molecule has 198 valence electrons. The van der Waals surface area contributed by atoms with Crippen molar-refractivity contribution in [1.82, 2.24) is 4.90 Å². The largest absolute Gasteiger partial charge is 0.385 e. The highest BCUT2D eigenvalue weighted by Gasteiger charge is 2.47. The second kappa shape index (κ2) is 11.7. The quantitative estimate of drug-likeness (QED) is 0.423. The molecule has 4 rings (SSSR count). The van der Waals surface area contributed by atoms with Gasteiger partial charge in [-0.2, -0.15) is 0 Å². The maximum absolute atomic E-state index is 12.3. The lowest BCUT2D eigenvalue weighted by Gasteiger charge is -2.54. The highest BCUT2D eigenvalue weighted by atomic mass is 16.3. The molecule has 0 bridgehead atoms. The highest BCUT2D eigenvalue weighted by molar-refractivity contribution is 5.24. The Morgan fingerprint density at radius 3 is 1.86 bits per heavy atom. The number of rotatable bonds is 7. The Morgan fingerprint density at radius 2 is 1.34 bits per heavy atom. The van der Waals surface area contributed by atoms with E-state index >= 15 is 0 Å². The number of nitrogens with zero attached hydrogens (tertiary/aromatic N) is 1. The molecule has 1 aromatic rings. The summed E-state index contributed by atoms with van der Waals surface area (Å²) < 4.78 is 0. The predicted molar refractivity (Wildman–Crippen MR) is 149 cm³/mol. The molecular formula is C33H55NO. The van der Waals surface area contributed by atoms with Crippen LogP contribution in [0, 0.1) is 41.4 Å². The lowest BCUT2D eigenvalue weighted by molar-refractivity contribution is -0.0960. The Bertz CT molecular complexity index is 743. The van der Waals surface area contributed by atoms with E-state index in [1.54, 1.807) is 0 Å². The first-order chi connectivity index (χ1) is 16.7. The van der Waals surface area contributed by atoms with Crippen molar-refractivity contribution in [2.24, 2.45) is 41.4 Å². The van der Waals surface area contributed by atoms with Gasteiger partial charge in [0.2, 0.25) is 0 Å². The van der Waals surface area contributed by atoms with Gasteiger partial charge in [-0.15, -0.1) is 0 Å². The zero-order chi connectivity index (χ0) is 25.2. The summed E-state index contributed by atoms with van der Waals surface area (Å²) in [6, 6.07) is 12.0. The summed E-state index contributed by atoms with van der Waals surface area (Å²) in [5, 5.41) is 12.3. The number of hydrogen-bond acceptors (Lipinski definition) is 2. The van der Waals surface area contributed by atoms with Crippen LogP contribution in [0.1, 0.15) is 111 Å². The van der Waals surface area contributed by atoms with E-state index in [-0.39, 0.29) is 0 Å². The molecule has 2 heteroatoms. The molecule has 0 aliphatic heterocycles. The van der Waals surface area contributed by atoms with Gasteiger partial charge in [0.25, 0.3) is 0 Å². The van der Waals surface area contributed by atoms with Gasteiger partial charge in [0.1, 0.15) is 0 Å². The van der Waals surface area contributed by atoms with E-state index in [9.17, 15) is 5.11 Å². The van der Waals surface area contributed by atoms with E-state index in [4.69, 9.17) is 0 Å². The molecule has 3 fully saturated rings. The fourth-order valence-corrected chi connectivity index (χ4v) is 8.41. The minimum absolute atomic E-state index is 0.328. The summed E-state index contributed by atoms with van der Waals surface area (Å²) in [5.41, 5.74) is 0.471. The van der Waals surface area contributed by atoms with E-state index in [0.29, 0.717) is 18.0 Å². The Hall–Kier alpha value is -0.860. The first-order valence-corrected chi connectivity index (χ1v) is 15.2. The van der Waals surface area contributed by atoms with E-state index in [0.717, 1.165) is 66.9 Å². The molecule has 0 spiro atoms. The van der Waals surface area contributed by atoms with Crippen LogP contribution in [0.4, 0.5) is 0 Å². The third-order valence-electron chi connectivity index (χ3n) is 10.6. The van der Waals surface area contributed by atoms with Gasteiger partial charge in [0.15, 0.2) is 0 Å². The number of hydrogen-bond donors (Lipinski definition) is 1. The van der Waals surface area contributed by atoms with Crippen molar-refractivity contribution in [3.8, 4) is 0 Å². The molecule has 35 heavy (non-hydrogen) atoms. The lowest BCUT2D eigenvalue weighted by atomic mass is 9.67. The monoisotopic (exact) mass is 481 g/mol. The van der Waals surface area contributed by atoms with Crippen LogP contribution in [-0.4, -0.2) is 28.6 Å². The van der Waals surface area contributed by atoms with E-state index < -0.39 is 5.60 Å². The normalized spacial score (nSPS) is 38.9. The standard InChI is InChI=1S/C33H55NO/c1-23(2)29-17-15-25(5)20-31(29)34(32-21-26(6)16-18-30(32)24(3)4)22-28-14-10-11-19-33(28,35)27-12-8-7-9-13-27/h7-9,12-13,23-26,28-32,35H,10-11,14-22H2,1-6H3. The molecule has 3 aliphatic rings. The van der Waals surface area contributed by atoms with Crippen molar-refractivity contribution in [3.63, 3.8) is 0 Å². The average molecular weight is 482 g/mol. The van der Waals surface area contributed by atoms with E-state index in [2.05, 4.69) is 76.8 Å². The Balaban J connectivity index is 1.72. The molecule has 0 amide bonds. The van der Waals surface area contributed by atoms with Gasteiger partial charge in [-0.1, -0.05) is 97.6 Å². The fraction of sp³-hybridized carbons (Fsp3) is 0.818. The lowest BCUT2D eigenvalue weighted by Crippen LogP contribution is -2.58. The summed E-state index contributed by atoms with van der Waals surface area (Å²) in [5.74, 6) is 4.98. The van der Waals surface area contributed by atoms with Crippen molar-refractivity contribution in [2.45, 2.75) is 123 Å². The number of aliphatic hydroxyl groups is 1. The van der Waals surface area contributed by atoms with Gasteiger partial charge in [0, 0.05) is 24.5 Å². The maximum Gasteiger partial charge on any atom is 0.0936 e.